The molecule has 0 unspecified atom stereocenters. The molecule has 4 nitrogen and oxygen atoms in total. The van der Waals surface area contributed by atoms with E-state index in [1.165, 1.54) is 0 Å². The number of benzene rings is 1. The molecule has 1 aromatic carbocycles. The summed E-state index contributed by atoms with van der Waals surface area (Å²) in [7, 11) is 0. The van der Waals surface area contributed by atoms with Crippen molar-refractivity contribution in [1.29, 1.82) is 0 Å². The van der Waals surface area contributed by atoms with Gasteiger partial charge >= 0.3 is 0 Å². The molecule has 1 aliphatic rings. The smallest absolute Gasteiger partial charge is 0.128 e. The maximum atomic E-state index is 6.38. The molecule has 0 spiro atoms. The lowest BCUT2D eigenvalue weighted by molar-refractivity contribution is 0.584. The number of aromatic nitrogens is 1. The van der Waals surface area contributed by atoms with E-state index in [4.69, 9.17) is 10.7 Å². The van der Waals surface area contributed by atoms with E-state index < -0.39 is 0 Å². The van der Waals surface area contributed by atoms with E-state index in [0.717, 1.165) is 48.8 Å². The van der Waals surface area contributed by atoms with E-state index in [9.17, 15) is 0 Å². The van der Waals surface area contributed by atoms with Crippen molar-refractivity contribution in [3.63, 3.8) is 0 Å². The number of hydrogen-bond donors (Lipinski definition) is 2. The first-order valence-electron chi connectivity index (χ1n) is 7.49. The van der Waals surface area contributed by atoms with Crippen LogP contribution < -0.4 is 16.0 Å². The van der Waals surface area contributed by atoms with Crippen molar-refractivity contribution in [2.75, 3.05) is 31.1 Å². The molecule has 1 aromatic heterocycles. The maximum absolute atomic E-state index is 6.38. The van der Waals surface area contributed by atoms with E-state index in [0.29, 0.717) is 0 Å². The molecule has 0 bridgehead atoms. The second-order valence-electron chi connectivity index (χ2n) is 5.47. The highest BCUT2D eigenvalue weighted by molar-refractivity contribution is 5.44. The minimum absolute atomic E-state index is 0.115. The standard InChI is InChI=1S/C17H22N4/c1-13-15(17(18)14-5-3-2-4-6-14)7-8-16(20-13)21-11-9-19-10-12-21/h2-8,17,19H,9-12,18H2,1H3/t17-/m0/s1. The zero-order valence-electron chi connectivity index (χ0n) is 12.4. The first-order chi connectivity index (χ1) is 10.3. The van der Waals surface area contributed by atoms with Gasteiger partial charge in [0.1, 0.15) is 5.82 Å². The van der Waals surface area contributed by atoms with Crippen LogP contribution >= 0.6 is 0 Å². The molecule has 110 valence electrons. The van der Waals surface area contributed by atoms with Gasteiger partial charge in [0.25, 0.3) is 0 Å². The average Bonchev–Trinajstić information content (AvgIpc) is 2.56. The molecule has 1 aliphatic heterocycles. The lowest BCUT2D eigenvalue weighted by Gasteiger charge is -2.29. The largest absolute Gasteiger partial charge is 0.354 e. The Morgan fingerprint density at radius 3 is 2.48 bits per heavy atom. The lowest BCUT2D eigenvalue weighted by atomic mass is 9.98. The van der Waals surface area contributed by atoms with Crippen molar-refractivity contribution in [3.05, 3.63) is 59.3 Å². The highest BCUT2D eigenvalue weighted by Crippen LogP contribution is 2.24. The Kier molecular flexibility index (Phi) is 4.18. The molecule has 4 heteroatoms. The van der Waals surface area contributed by atoms with E-state index >= 15 is 0 Å². The number of hydrogen-bond acceptors (Lipinski definition) is 4. The molecule has 2 aromatic rings. The van der Waals surface area contributed by atoms with Crippen LogP contribution in [-0.4, -0.2) is 31.2 Å². The number of nitrogens with zero attached hydrogens (tertiary/aromatic N) is 2. The molecule has 1 saturated heterocycles. The maximum Gasteiger partial charge on any atom is 0.128 e. The zero-order valence-corrected chi connectivity index (χ0v) is 12.4. The fourth-order valence-corrected chi connectivity index (χ4v) is 2.80. The molecule has 0 radical (unpaired) electrons. The van der Waals surface area contributed by atoms with Crippen LogP contribution in [0.25, 0.3) is 0 Å². The number of nitrogens with two attached hydrogens (primary N) is 1. The fourth-order valence-electron chi connectivity index (χ4n) is 2.80. The van der Waals surface area contributed by atoms with Gasteiger partial charge in [0.2, 0.25) is 0 Å². The van der Waals surface area contributed by atoms with Crippen LogP contribution in [0.15, 0.2) is 42.5 Å². The molecule has 0 aliphatic carbocycles. The predicted molar refractivity (Wildman–Crippen MR) is 86.5 cm³/mol. The van der Waals surface area contributed by atoms with Crippen molar-refractivity contribution in [2.24, 2.45) is 5.73 Å². The lowest BCUT2D eigenvalue weighted by Crippen LogP contribution is -2.44. The fraction of sp³-hybridized carbons (Fsp3) is 0.353. The molecule has 1 atom stereocenters. The summed E-state index contributed by atoms with van der Waals surface area (Å²) in [6.45, 7) is 6.11. The van der Waals surface area contributed by atoms with Gasteiger partial charge in [-0.25, -0.2) is 4.98 Å². The van der Waals surface area contributed by atoms with Gasteiger partial charge in [-0.3, -0.25) is 0 Å². The number of aryl methyl sites for hydroxylation is 1. The minimum atomic E-state index is -0.115. The SMILES string of the molecule is Cc1nc(N2CCNCC2)ccc1[C@@H](N)c1ccccc1. The van der Waals surface area contributed by atoms with Gasteiger partial charge in [-0.15, -0.1) is 0 Å². The topological polar surface area (TPSA) is 54.2 Å². The predicted octanol–water partition coefficient (Wildman–Crippen LogP) is 1.85. The monoisotopic (exact) mass is 282 g/mol. The number of piperazine rings is 1. The van der Waals surface area contributed by atoms with Gasteiger partial charge in [-0.1, -0.05) is 36.4 Å². The summed E-state index contributed by atoms with van der Waals surface area (Å²) in [4.78, 5) is 7.08. The van der Waals surface area contributed by atoms with Gasteiger partial charge in [-0.05, 0) is 24.1 Å². The highest BCUT2D eigenvalue weighted by atomic mass is 15.2. The Morgan fingerprint density at radius 2 is 1.81 bits per heavy atom. The minimum Gasteiger partial charge on any atom is -0.354 e. The quantitative estimate of drug-likeness (QED) is 0.902. The van der Waals surface area contributed by atoms with Gasteiger partial charge < -0.3 is 16.0 Å². The van der Waals surface area contributed by atoms with Crippen LogP contribution in [0.1, 0.15) is 22.9 Å². The molecule has 0 amide bonds. The highest BCUT2D eigenvalue weighted by Gasteiger charge is 2.16. The molecule has 21 heavy (non-hydrogen) atoms. The molecule has 3 rings (SSSR count). The molecular formula is C17H22N4. The third-order valence-corrected chi connectivity index (χ3v) is 4.05. The van der Waals surface area contributed by atoms with Crippen molar-refractivity contribution in [2.45, 2.75) is 13.0 Å². The third-order valence-electron chi connectivity index (χ3n) is 4.05. The second kappa shape index (κ2) is 6.24. The Hall–Kier alpha value is -1.91. The Labute approximate surface area is 126 Å². The summed E-state index contributed by atoms with van der Waals surface area (Å²) >= 11 is 0. The van der Waals surface area contributed by atoms with E-state index in [1.807, 2.05) is 25.1 Å². The Morgan fingerprint density at radius 1 is 1.10 bits per heavy atom. The molecule has 2 heterocycles. The van der Waals surface area contributed by atoms with Gasteiger partial charge in [0, 0.05) is 31.9 Å². The molecule has 0 saturated carbocycles. The normalized spacial score (nSPS) is 16.8. The third kappa shape index (κ3) is 3.06. The molecule has 3 N–H and O–H groups in total. The Bertz CT molecular complexity index is 591. The second-order valence-corrected chi connectivity index (χ2v) is 5.47. The summed E-state index contributed by atoms with van der Waals surface area (Å²) < 4.78 is 0. The van der Waals surface area contributed by atoms with Crippen LogP contribution in [0.3, 0.4) is 0 Å². The summed E-state index contributed by atoms with van der Waals surface area (Å²) in [6, 6.07) is 14.3. The van der Waals surface area contributed by atoms with E-state index in [1.54, 1.807) is 0 Å². The van der Waals surface area contributed by atoms with Crippen molar-refractivity contribution >= 4 is 5.82 Å². The zero-order chi connectivity index (χ0) is 14.7. The number of rotatable bonds is 3. The summed E-state index contributed by atoms with van der Waals surface area (Å²) in [5.74, 6) is 1.05. The molecule has 1 fully saturated rings. The van der Waals surface area contributed by atoms with Crippen LogP contribution in [0.2, 0.25) is 0 Å². The van der Waals surface area contributed by atoms with Crippen molar-refractivity contribution in [3.8, 4) is 0 Å². The Balaban J connectivity index is 1.84. The van der Waals surface area contributed by atoms with Gasteiger partial charge in [-0.2, -0.15) is 0 Å². The van der Waals surface area contributed by atoms with Gasteiger partial charge in [0.05, 0.1) is 6.04 Å². The van der Waals surface area contributed by atoms with Crippen LogP contribution in [0, 0.1) is 6.92 Å². The van der Waals surface area contributed by atoms with Crippen molar-refractivity contribution in [1.82, 2.24) is 10.3 Å². The van der Waals surface area contributed by atoms with Gasteiger partial charge in [0.15, 0.2) is 0 Å². The van der Waals surface area contributed by atoms with Crippen LogP contribution in [0.5, 0.6) is 0 Å². The number of nitrogens with one attached hydrogen (secondary N) is 1. The number of pyridine rings is 1. The van der Waals surface area contributed by atoms with E-state index in [2.05, 4.69) is 34.5 Å². The average molecular weight is 282 g/mol. The van der Waals surface area contributed by atoms with Crippen LogP contribution in [-0.2, 0) is 0 Å². The summed E-state index contributed by atoms with van der Waals surface area (Å²) in [5.41, 5.74) is 9.62. The van der Waals surface area contributed by atoms with E-state index in [-0.39, 0.29) is 6.04 Å². The summed E-state index contributed by atoms with van der Waals surface area (Å²) in [6.07, 6.45) is 0. The molecular weight excluding hydrogens is 260 g/mol. The first-order valence-corrected chi connectivity index (χ1v) is 7.49. The first kappa shape index (κ1) is 14.0. The van der Waals surface area contributed by atoms with Crippen LogP contribution in [0.4, 0.5) is 5.82 Å². The summed E-state index contributed by atoms with van der Waals surface area (Å²) in [5, 5.41) is 3.36. The number of anilines is 1. The van der Waals surface area contributed by atoms with Crippen molar-refractivity contribution < 1.29 is 0 Å².